The lowest BCUT2D eigenvalue weighted by Crippen LogP contribution is -2.50. The third-order valence-electron chi connectivity index (χ3n) is 6.42. The van der Waals surface area contributed by atoms with Crippen LogP contribution in [0.2, 0.25) is 0 Å². The van der Waals surface area contributed by atoms with Gasteiger partial charge in [-0.25, -0.2) is 13.2 Å². The van der Waals surface area contributed by atoms with Crippen LogP contribution in [0.4, 0.5) is 10.5 Å². The molecule has 1 heterocycles. The Bertz CT molecular complexity index is 1570. The normalized spacial score (nSPS) is 13.4. The van der Waals surface area contributed by atoms with Gasteiger partial charge in [-0.2, -0.15) is 0 Å². The molecule has 3 aromatic carbocycles. The van der Waals surface area contributed by atoms with Crippen LogP contribution in [0.15, 0.2) is 64.4 Å². The molecular formula is C28H31N3O9S2. The maximum Gasteiger partial charge on any atom is 0.407 e. The van der Waals surface area contributed by atoms with Crippen LogP contribution in [0.5, 0.6) is 23.0 Å². The highest BCUT2D eigenvalue weighted by Crippen LogP contribution is 2.43. The van der Waals surface area contributed by atoms with Crippen LogP contribution >= 0.6 is 12.6 Å². The van der Waals surface area contributed by atoms with Gasteiger partial charge in [-0.1, -0.05) is 18.2 Å². The average Bonchev–Trinajstić information content (AvgIpc) is 2.96. The molecule has 0 spiro atoms. The Balaban J connectivity index is 1.82. The summed E-state index contributed by atoms with van der Waals surface area (Å²) in [5.41, 5.74) is 0.762. The molecule has 3 aromatic rings. The summed E-state index contributed by atoms with van der Waals surface area (Å²) >= 11 is 4.34. The first-order valence-corrected chi connectivity index (χ1v) is 14.8. The number of aliphatic hydroxyl groups excluding tert-OH is 1. The van der Waals surface area contributed by atoms with E-state index in [2.05, 4.69) is 17.4 Å². The number of nitrogens with zero attached hydrogens (tertiary/aromatic N) is 2. The van der Waals surface area contributed by atoms with E-state index >= 15 is 0 Å². The average molecular weight is 618 g/mol. The van der Waals surface area contributed by atoms with Gasteiger partial charge in [0, 0.05) is 36.6 Å². The molecule has 1 saturated heterocycles. The van der Waals surface area contributed by atoms with Crippen molar-refractivity contribution in [2.24, 2.45) is 0 Å². The number of sulfonamides is 1. The number of hydrogen-bond acceptors (Lipinski definition) is 9. The SMILES string of the molecule is COc1ccccc1Oc1c(NS(=O)(=O)c2ccc(C)cc2S)cc(C(=O)N2CCN(C(=O)O)CC2)cc1OCCO. The van der Waals surface area contributed by atoms with Crippen LogP contribution in [-0.2, 0) is 10.0 Å². The highest BCUT2D eigenvalue weighted by Gasteiger charge is 2.29. The molecule has 0 aliphatic carbocycles. The van der Waals surface area contributed by atoms with Gasteiger partial charge in [0.15, 0.2) is 23.0 Å². The Labute approximate surface area is 248 Å². The van der Waals surface area contributed by atoms with Gasteiger partial charge in [0.25, 0.3) is 15.9 Å². The van der Waals surface area contributed by atoms with Crippen molar-refractivity contribution in [3.05, 3.63) is 65.7 Å². The van der Waals surface area contributed by atoms with E-state index in [-0.39, 0.29) is 77.7 Å². The standard InChI is InChI=1S/C28H31N3O9S2/c1-18-7-8-25(24(41)15-18)42(36,37)29-20-16-19(27(33)30-9-11-31(12-10-30)28(34)35)17-23(39-14-13-32)26(20)40-22-6-4-3-5-21(22)38-2/h3-8,15-17,29,32,41H,9-14H2,1-2H3,(H,34,35). The number of thiol groups is 1. The topological polar surface area (TPSA) is 155 Å². The fourth-order valence-corrected chi connectivity index (χ4v) is 6.09. The van der Waals surface area contributed by atoms with Gasteiger partial charge in [-0.15, -0.1) is 12.6 Å². The molecule has 14 heteroatoms. The van der Waals surface area contributed by atoms with E-state index in [9.17, 15) is 28.2 Å². The molecule has 1 aliphatic heterocycles. The first-order chi connectivity index (χ1) is 20.0. The largest absolute Gasteiger partial charge is 0.493 e. The number of methoxy groups -OCH3 is 1. The number of anilines is 1. The summed E-state index contributed by atoms with van der Waals surface area (Å²) in [6.07, 6.45) is -1.07. The summed E-state index contributed by atoms with van der Waals surface area (Å²) in [7, 11) is -2.80. The van der Waals surface area contributed by atoms with Crippen molar-refractivity contribution in [2.45, 2.75) is 16.7 Å². The summed E-state index contributed by atoms with van der Waals surface area (Å²) in [4.78, 5) is 27.7. The van der Waals surface area contributed by atoms with Crippen LogP contribution in [0.1, 0.15) is 15.9 Å². The molecule has 3 N–H and O–H groups in total. The molecule has 0 bridgehead atoms. The zero-order valence-electron chi connectivity index (χ0n) is 22.9. The van der Waals surface area contributed by atoms with Crippen molar-refractivity contribution in [1.82, 2.24) is 9.80 Å². The molecule has 42 heavy (non-hydrogen) atoms. The van der Waals surface area contributed by atoms with Crippen molar-refractivity contribution >= 4 is 40.3 Å². The molecule has 1 aliphatic rings. The zero-order valence-corrected chi connectivity index (χ0v) is 24.7. The number of carbonyl (C=O) groups excluding carboxylic acids is 1. The van der Waals surface area contributed by atoms with Crippen LogP contribution in [0.3, 0.4) is 0 Å². The molecule has 224 valence electrons. The minimum atomic E-state index is -4.25. The van der Waals surface area contributed by atoms with Crippen LogP contribution in [-0.4, -0.2) is 86.9 Å². The van der Waals surface area contributed by atoms with Gasteiger partial charge in [-0.05, 0) is 48.9 Å². The third kappa shape index (κ3) is 7.01. The summed E-state index contributed by atoms with van der Waals surface area (Å²) in [5.74, 6) is 0.0353. The number of ether oxygens (including phenoxy) is 3. The van der Waals surface area contributed by atoms with Gasteiger partial charge in [0.05, 0.1) is 19.4 Å². The first kappa shape index (κ1) is 30.8. The number of para-hydroxylation sites is 2. The second-order valence-corrected chi connectivity index (χ2v) is 11.4. The second kappa shape index (κ2) is 13.2. The monoisotopic (exact) mass is 617 g/mol. The highest BCUT2D eigenvalue weighted by molar-refractivity contribution is 7.93. The molecule has 0 unspecified atom stereocenters. The Kier molecular flexibility index (Phi) is 9.70. The fraction of sp³-hybridized carbons (Fsp3) is 0.286. The predicted molar refractivity (Wildman–Crippen MR) is 157 cm³/mol. The summed E-state index contributed by atoms with van der Waals surface area (Å²) < 4.78 is 47.0. The van der Waals surface area contributed by atoms with Gasteiger partial charge < -0.3 is 34.2 Å². The molecule has 0 radical (unpaired) electrons. The molecule has 0 aromatic heterocycles. The summed E-state index contributed by atoms with van der Waals surface area (Å²) in [6, 6.07) is 14.1. The second-order valence-electron chi connectivity index (χ2n) is 9.31. The molecular weight excluding hydrogens is 586 g/mol. The Morgan fingerprint density at radius 3 is 2.26 bits per heavy atom. The van der Waals surface area contributed by atoms with Crippen LogP contribution in [0.25, 0.3) is 0 Å². The van der Waals surface area contributed by atoms with E-state index in [0.29, 0.717) is 5.75 Å². The van der Waals surface area contributed by atoms with Crippen molar-refractivity contribution in [3.8, 4) is 23.0 Å². The number of rotatable bonds is 10. The Morgan fingerprint density at radius 1 is 0.976 bits per heavy atom. The number of hydrogen-bond donors (Lipinski definition) is 4. The molecule has 2 amide bonds. The molecule has 12 nitrogen and oxygen atoms in total. The van der Waals surface area contributed by atoms with E-state index in [1.165, 1.54) is 35.1 Å². The number of piperazine rings is 1. The van der Waals surface area contributed by atoms with Gasteiger partial charge in [0.1, 0.15) is 11.5 Å². The highest BCUT2D eigenvalue weighted by atomic mass is 32.2. The number of benzene rings is 3. The number of carboxylic acid groups (broad SMARTS) is 1. The van der Waals surface area contributed by atoms with Gasteiger partial charge >= 0.3 is 6.09 Å². The number of aryl methyl sites for hydroxylation is 1. The van der Waals surface area contributed by atoms with E-state index in [0.717, 1.165) is 5.56 Å². The van der Waals surface area contributed by atoms with E-state index in [1.54, 1.807) is 43.3 Å². The minimum Gasteiger partial charge on any atom is -0.493 e. The molecule has 0 atom stereocenters. The smallest absolute Gasteiger partial charge is 0.407 e. The number of nitrogens with one attached hydrogen (secondary N) is 1. The Hall–Kier alpha value is -4.14. The predicted octanol–water partition coefficient (Wildman–Crippen LogP) is 3.69. The van der Waals surface area contributed by atoms with Crippen molar-refractivity contribution in [2.75, 3.05) is 51.2 Å². The van der Waals surface area contributed by atoms with E-state index < -0.39 is 22.0 Å². The van der Waals surface area contributed by atoms with E-state index in [4.69, 9.17) is 14.2 Å². The lowest BCUT2D eigenvalue weighted by Gasteiger charge is -2.33. The molecule has 0 saturated carbocycles. The zero-order chi connectivity index (χ0) is 30.4. The molecule has 1 fully saturated rings. The maximum absolute atomic E-state index is 13.6. The summed E-state index contributed by atoms with van der Waals surface area (Å²) in [6.45, 7) is 1.80. The lowest BCUT2D eigenvalue weighted by atomic mass is 10.1. The maximum atomic E-state index is 13.6. The number of aliphatic hydroxyl groups is 1. The van der Waals surface area contributed by atoms with Gasteiger partial charge in [-0.3, -0.25) is 9.52 Å². The fourth-order valence-electron chi connectivity index (χ4n) is 4.32. The third-order valence-corrected chi connectivity index (χ3v) is 8.36. The van der Waals surface area contributed by atoms with E-state index in [1.807, 2.05) is 0 Å². The van der Waals surface area contributed by atoms with Crippen LogP contribution in [0, 0.1) is 6.92 Å². The number of amides is 2. The van der Waals surface area contributed by atoms with Crippen molar-refractivity contribution in [1.29, 1.82) is 0 Å². The molecule has 4 rings (SSSR count). The van der Waals surface area contributed by atoms with Crippen LogP contribution < -0.4 is 18.9 Å². The van der Waals surface area contributed by atoms with Crippen molar-refractivity contribution < 1.29 is 42.4 Å². The summed E-state index contributed by atoms with van der Waals surface area (Å²) in [5, 5.41) is 18.7. The quantitative estimate of drug-likeness (QED) is 0.249. The van der Waals surface area contributed by atoms with Crippen molar-refractivity contribution in [3.63, 3.8) is 0 Å². The first-order valence-electron chi connectivity index (χ1n) is 12.9. The Morgan fingerprint density at radius 2 is 1.64 bits per heavy atom. The minimum absolute atomic E-state index is 0.0160. The number of carbonyl (C=O) groups is 2. The van der Waals surface area contributed by atoms with Gasteiger partial charge in [0.2, 0.25) is 0 Å². The lowest BCUT2D eigenvalue weighted by molar-refractivity contribution is 0.0624.